The Morgan fingerprint density at radius 1 is 1.13 bits per heavy atom. The van der Waals surface area contributed by atoms with Crippen LogP contribution in [0.5, 0.6) is 0 Å². The van der Waals surface area contributed by atoms with Gasteiger partial charge in [-0.2, -0.15) is 0 Å². The lowest BCUT2D eigenvalue weighted by Crippen LogP contribution is -2.33. The molecule has 1 amide bonds. The van der Waals surface area contributed by atoms with E-state index in [1.54, 1.807) is 18.3 Å². The summed E-state index contributed by atoms with van der Waals surface area (Å²) in [5.41, 5.74) is 4.37. The molecule has 0 spiro atoms. The molecule has 2 N–H and O–H groups in total. The van der Waals surface area contributed by atoms with Crippen molar-refractivity contribution in [2.75, 3.05) is 11.9 Å². The molecule has 0 unspecified atom stereocenters. The van der Waals surface area contributed by atoms with Crippen molar-refractivity contribution in [2.24, 2.45) is 0 Å². The number of para-hydroxylation sites is 1. The number of nitrogens with zero attached hydrogens (tertiary/aromatic N) is 3. The van der Waals surface area contributed by atoms with Gasteiger partial charge in [0.05, 0.1) is 22.8 Å². The van der Waals surface area contributed by atoms with Crippen molar-refractivity contribution in [1.82, 2.24) is 19.8 Å². The molecule has 2 aromatic heterocycles. The first-order valence-electron chi connectivity index (χ1n) is 12.4. The molecule has 0 aliphatic carbocycles. The average molecular weight is 548 g/mol. The minimum atomic E-state index is -0.475. The number of rotatable bonds is 8. The summed E-state index contributed by atoms with van der Waals surface area (Å²) >= 11 is 11.9. The standard InChI is InChI=1S/C29H27ClFN5OS/c1-2-19-8-3-4-9-23(19)33-26(37)14-17-36-28(27(34-29(36)38)24-10-5-6-15-32-24)25-11-7-16-35(25)20-12-13-22(31)21(30)18-20/h3-13,15-16,18,27-28H,2,14,17H2,1H3,(H,33,37)(H,34,38)/t27-,28+/m1/s1. The predicted octanol–water partition coefficient (Wildman–Crippen LogP) is 6.23. The summed E-state index contributed by atoms with van der Waals surface area (Å²) in [6.07, 6.45) is 4.72. The normalized spacial score (nSPS) is 16.9. The van der Waals surface area contributed by atoms with E-state index in [0.29, 0.717) is 11.7 Å². The zero-order chi connectivity index (χ0) is 26.6. The number of carbonyl (C=O) groups excluding carboxylic acids is 1. The molecule has 3 heterocycles. The Bertz CT molecular complexity index is 1460. The maximum Gasteiger partial charge on any atom is 0.226 e. The molecule has 5 rings (SSSR count). The Morgan fingerprint density at radius 3 is 2.71 bits per heavy atom. The highest BCUT2D eigenvalue weighted by atomic mass is 35.5. The number of carbonyl (C=O) groups is 1. The maximum atomic E-state index is 13.9. The second-order valence-electron chi connectivity index (χ2n) is 9.03. The van der Waals surface area contributed by atoms with Crippen LogP contribution in [0.15, 0.2) is 85.2 Å². The summed E-state index contributed by atoms with van der Waals surface area (Å²) in [4.78, 5) is 19.6. The van der Waals surface area contributed by atoms with Crippen LogP contribution in [0, 0.1) is 5.82 Å². The minimum Gasteiger partial charge on any atom is -0.352 e. The van der Waals surface area contributed by atoms with Gasteiger partial charge in [0.1, 0.15) is 5.82 Å². The number of benzene rings is 2. The van der Waals surface area contributed by atoms with Gasteiger partial charge in [0.15, 0.2) is 5.11 Å². The van der Waals surface area contributed by atoms with Crippen LogP contribution in [0.4, 0.5) is 10.1 Å². The third-order valence-electron chi connectivity index (χ3n) is 6.71. The molecule has 1 saturated heterocycles. The highest BCUT2D eigenvalue weighted by Crippen LogP contribution is 2.39. The quantitative estimate of drug-likeness (QED) is 0.256. The van der Waals surface area contributed by atoms with Gasteiger partial charge in [-0.15, -0.1) is 0 Å². The van der Waals surface area contributed by atoms with Gasteiger partial charge in [0.2, 0.25) is 5.91 Å². The zero-order valence-corrected chi connectivity index (χ0v) is 22.3. The first-order chi connectivity index (χ1) is 18.5. The molecule has 2 atom stereocenters. The van der Waals surface area contributed by atoms with Crippen molar-refractivity contribution in [3.8, 4) is 5.69 Å². The number of aryl methyl sites for hydroxylation is 1. The van der Waals surface area contributed by atoms with Crippen molar-refractivity contribution in [3.05, 3.63) is 113 Å². The Balaban J connectivity index is 1.45. The molecular formula is C29H27ClFN5OS. The van der Waals surface area contributed by atoms with E-state index in [4.69, 9.17) is 23.8 Å². The molecule has 1 fully saturated rings. The van der Waals surface area contributed by atoms with E-state index in [-0.39, 0.29) is 29.4 Å². The second kappa shape index (κ2) is 11.3. The van der Waals surface area contributed by atoms with E-state index >= 15 is 0 Å². The molecule has 9 heteroatoms. The first-order valence-corrected chi connectivity index (χ1v) is 13.2. The number of hydrogen-bond acceptors (Lipinski definition) is 3. The molecule has 4 aromatic rings. The van der Waals surface area contributed by atoms with Gasteiger partial charge in [-0.05, 0) is 72.7 Å². The molecular weight excluding hydrogens is 521 g/mol. The molecule has 2 aromatic carbocycles. The lowest BCUT2D eigenvalue weighted by Gasteiger charge is -2.29. The maximum absolute atomic E-state index is 13.9. The van der Waals surface area contributed by atoms with Gasteiger partial charge >= 0.3 is 0 Å². The van der Waals surface area contributed by atoms with Gasteiger partial charge in [-0.25, -0.2) is 4.39 Å². The summed E-state index contributed by atoms with van der Waals surface area (Å²) in [6, 6.07) is 21.6. The Hall–Kier alpha value is -3.75. The third kappa shape index (κ3) is 5.28. The van der Waals surface area contributed by atoms with Gasteiger partial charge in [0.25, 0.3) is 0 Å². The van der Waals surface area contributed by atoms with E-state index in [1.165, 1.54) is 6.07 Å². The van der Waals surface area contributed by atoms with Crippen LogP contribution in [-0.2, 0) is 11.2 Å². The van der Waals surface area contributed by atoms with Crippen LogP contribution in [-0.4, -0.2) is 32.0 Å². The number of anilines is 1. The van der Waals surface area contributed by atoms with Crippen molar-refractivity contribution >= 4 is 40.5 Å². The van der Waals surface area contributed by atoms with E-state index < -0.39 is 5.82 Å². The highest BCUT2D eigenvalue weighted by Gasteiger charge is 2.41. The fraction of sp³-hybridized carbons (Fsp3) is 0.207. The molecule has 0 bridgehead atoms. The second-order valence-corrected chi connectivity index (χ2v) is 9.82. The SMILES string of the molecule is CCc1ccccc1NC(=O)CCN1C(=S)N[C@H](c2ccccn2)[C@@H]1c1cccn1-c1ccc(F)c(Cl)c1. The topological polar surface area (TPSA) is 62.2 Å². The monoisotopic (exact) mass is 547 g/mol. The largest absolute Gasteiger partial charge is 0.352 e. The van der Waals surface area contributed by atoms with Crippen molar-refractivity contribution in [1.29, 1.82) is 0 Å². The van der Waals surface area contributed by atoms with Crippen LogP contribution < -0.4 is 10.6 Å². The third-order valence-corrected chi connectivity index (χ3v) is 7.36. The predicted molar refractivity (Wildman–Crippen MR) is 152 cm³/mol. The zero-order valence-electron chi connectivity index (χ0n) is 20.8. The molecule has 194 valence electrons. The van der Waals surface area contributed by atoms with E-state index in [1.807, 2.05) is 70.3 Å². The molecule has 38 heavy (non-hydrogen) atoms. The van der Waals surface area contributed by atoms with Crippen molar-refractivity contribution < 1.29 is 9.18 Å². The average Bonchev–Trinajstić information content (AvgIpc) is 3.54. The number of halogens is 2. The van der Waals surface area contributed by atoms with Crippen LogP contribution in [0.3, 0.4) is 0 Å². The van der Waals surface area contributed by atoms with Crippen LogP contribution >= 0.6 is 23.8 Å². The number of hydrogen-bond donors (Lipinski definition) is 2. The van der Waals surface area contributed by atoms with Crippen LogP contribution in [0.2, 0.25) is 5.02 Å². The summed E-state index contributed by atoms with van der Waals surface area (Å²) < 4.78 is 15.9. The summed E-state index contributed by atoms with van der Waals surface area (Å²) in [5.74, 6) is -0.564. The van der Waals surface area contributed by atoms with Gasteiger partial charge in [-0.1, -0.05) is 42.8 Å². The molecule has 0 saturated carbocycles. The highest BCUT2D eigenvalue weighted by molar-refractivity contribution is 7.80. The van der Waals surface area contributed by atoms with Gasteiger partial charge < -0.3 is 20.1 Å². The van der Waals surface area contributed by atoms with E-state index in [0.717, 1.165) is 34.7 Å². The number of pyridine rings is 1. The minimum absolute atomic E-state index is 0.0457. The van der Waals surface area contributed by atoms with Crippen LogP contribution in [0.25, 0.3) is 5.69 Å². The van der Waals surface area contributed by atoms with E-state index in [9.17, 15) is 9.18 Å². The molecule has 1 aliphatic rings. The summed E-state index contributed by atoms with van der Waals surface area (Å²) in [6.45, 7) is 2.46. The summed E-state index contributed by atoms with van der Waals surface area (Å²) in [5, 5.41) is 7.04. The lowest BCUT2D eigenvalue weighted by atomic mass is 10.0. The molecule has 1 aliphatic heterocycles. The first kappa shape index (κ1) is 25.9. The Labute approximate surface area is 231 Å². The van der Waals surface area contributed by atoms with Gasteiger partial charge in [0, 0.05) is 42.4 Å². The fourth-order valence-electron chi connectivity index (χ4n) is 4.86. The number of amides is 1. The van der Waals surface area contributed by atoms with Gasteiger partial charge in [-0.3, -0.25) is 9.78 Å². The number of nitrogens with one attached hydrogen (secondary N) is 2. The Morgan fingerprint density at radius 2 is 1.95 bits per heavy atom. The van der Waals surface area contributed by atoms with Crippen molar-refractivity contribution in [2.45, 2.75) is 31.8 Å². The smallest absolute Gasteiger partial charge is 0.226 e. The molecule has 6 nitrogen and oxygen atoms in total. The van der Waals surface area contributed by atoms with E-state index in [2.05, 4.69) is 22.5 Å². The molecule has 0 radical (unpaired) electrons. The fourth-order valence-corrected chi connectivity index (χ4v) is 5.36. The summed E-state index contributed by atoms with van der Waals surface area (Å²) in [7, 11) is 0. The number of aromatic nitrogens is 2. The van der Waals surface area contributed by atoms with Crippen molar-refractivity contribution in [3.63, 3.8) is 0 Å². The van der Waals surface area contributed by atoms with Crippen LogP contribution in [0.1, 0.15) is 42.4 Å². The Kier molecular flexibility index (Phi) is 7.72. The lowest BCUT2D eigenvalue weighted by molar-refractivity contribution is -0.116. The number of thiocarbonyl (C=S) groups is 1.